The van der Waals surface area contributed by atoms with Crippen LogP contribution >= 0.6 is 0 Å². The largest absolute Gasteiger partial charge is 0.465 e. The molecule has 0 aliphatic rings. The van der Waals surface area contributed by atoms with Crippen molar-refractivity contribution in [3.8, 4) is 0 Å². The fraction of sp³-hybridized carbons (Fsp3) is 0.417. The molecule has 2 aromatic heterocycles. The van der Waals surface area contributed by atoms with E-state index >= 15 is 0 Å². The number of carbonyl (C=O) groups excluding carboxylic acids is 1. The van der Waals surface area contributed by atoms with Crippen LogP contribution in [0.5, 0.6) is 0 Å². The molecule has 0 atom stereocenters. The monoisotopic (exact) mass is 249 g/mol. The number of nitrogens with one attached hydrogen (secondary N) is 1. The van der Waals surface area contributed by atoms with Gasteiger partial charge in [-0.25, -0.2) is 9.78 Å². The van der Waals surface area contributed by atoms with Crippen LogP contribution in [-0.2, 0) is 15.1 Å². The summed E-state index contributed by atoms with van der Waals surface area (Å²) in [6.45, 7) is 3.77. The van der Waals surface area contributed by atoms with Crippen LogP contribution in [-0.4, -0.2) is 35.1 Å². The average molecular weight is 249 g/mol. The minimum atomic E-state index is -0.563. The van der Waals surface area contributed by atoms with Crippen LogP contribution < -0.4 is 0 Å². The fourth-order valence-corrected chi connectivity index (χ4v) is 1.57. The highest BCUT2D eigenvalue weighted by molar-refractivity contribution is 6.01. The average Bonchev–Trinajstić information content (AvgIpc) is 2.82. The smallest absolute Gasteiger partial charge is 0.341 e. The summed E-state index contributed by atoms with van der Waals surface area (Å²) in [6.07, 6.45) is 3.06. The van der Waals surface area contributed by atoms with Gasteiger partial charge in [0.2, 0.25) is 0 Å². The molecule has 2 aromatic rings. The molecule has 0 radical (unpaired) electrons. The van der Waals surface area contributed by atoms with Gasteiger partial charge in [0, 0.05) is 13.3 Å². The first kappa shape index (κ1) is 12.5. The maximum Gasteiger partial charge on any atom is 0.341 e. The summed E-state index contributed by atoms with van der Waals surface area (Å²) in [4.78, 5) is 23.1. The van der Waals surface area contributed by atoms with E-state index in [1.165, 1.54) is 13.3 Å². The van der Waals surface area contributed by atoms with Crippen molar-refractivity contribution in [1.82, 2.24) is 15.0 Å². The van der Waals surface area contributed by atoms with Gasteiger partial charge in [0.1, 0.15) is 22.5 Å². The predicted molar refractivity (Wildman–Crippen MR) is 65.3 cm³/mol. The van der Waals surface area contributed by atoms with Crippen molar-refractivity contribution in [2.75, 3.05) is 14.2 Å². The van der Waals surface area contributed by atoms with Crippen molar-refractivity contribution in [3.05, 3.63) is 23.8 Å². The number of aromatic amines is 1. The molecule has 0 aliphatic heterocycles. The highest BCUT2D eigenvalue weighted by Crippen LogP contribution is 2.25. The number of hydrogen-bond donors (Lipinski definition) is 1. The molecule has 18 heavy (non-hydrogen) atoms. The van der Waals surface area contributed by atoms with Gasteiger partial charge in [0.05, 0.1) is 18.8 Å². The van der Waals surface area contributed by atoms with Gasteiger partial charge in [0.15, 0.2) is 0 Å². The van der Waals surface area contributed by atoms with Crippen LogP contribution in [0.2, 0.25) is 0 Å². The van der Waals surface area contributed by atoms with Crippen LogP contribution in [0.25, 0.3) is 11.0 Å². The van der Waals surface area contributed by atoms with Gasteiger partial charge < -0.3 is 14.5 Å². The van der Waals surface area contributed by atoms with Crippen molar-refractivity contribution in [1.29, 1.82) is 0 Å². The first-order chi connectivity index (χ1) is 8.49. The molecule has 0 saturated heterocycles. The van der Waals surface area contributed by atoms with E-state index < -0.39 is 11.6 Å². The molecule has 0 spiro atoms. The Bertz CT molecular complexity index is 589. The first-order valence-electron chi connectivity index (χ1n) is 5.47. The molecule has 0 fully saturated rings. The second-order valence-corrected chi connectivity index (χ2v) is 4.37. The lowest BCUT2D eigenvalue weighted by Crippen LogP contribution is -2.21. The molecule has 0 aromatic carbocycles. The van der Waals surface area contributed by atoms with Gasteiger partial charge in [-0.05, 0) is 13.8 Å². The second-order valence-electron chi connectivity index (χ2n) is 4.37. The number of rotatable bonds is 3. The van der Waals surface area contributed by atoms with E-state index in [1.807, 2.05) is 13.8 Å². The highest BCUT2D eigenvalue weighted by Gasteiger charge is 2.25. The number of methoxy groups -OCH3 is 2. The Morgan fingerprint density at radius 3 is 2.67 bits per heavy atom. The number of esters is 1. The molecular weight excluding hydrogens is 234 g/mol. The minimum absolute atomic E-state index is 0.337. The van der Waals surface area contributed by atoms with Gasteiger partial charge in [-0.15, -0.1) is 0 Å². The van der Waals surface area contributed by atoms with Crippen LogP contribution in [0.15, 0.2) is 12.4 Å². The molecule has 0 amide bonds. The lowest BCUT2D eigenvalue weighted by atomic mass is 10.1. The number of hydrogen-bond acceptors (Lipinski definition) is 5. The quantitative estimate of drug-likeness (QED) is 0.836. The summed E-state index contributed by atoms with van der Waals surface area (Å²) in [7, 11) is 2.93. The molecule has 0 aliphatic carbocycles. The Morgan fingerprint density at radius 1 is 1.33 bits per heavy atom. The summed E-state index contributed by atoms with van der Waals surface area (Å²) in [5.41, 5.74) is 0.992. The summed E-state index contributed by atoms with van der Waals surface area (Å²) in [5, 5.41) is 0. The Kier molecular flexibility index (Phi) is 3.04. The highest BCUT2D eigenvalue weighted by atomic mass is 16.5. The first-order valence-corrected chi connectivity index (χ1v) is 5.47. The number of nitrogens with zero attached hydrogens (tertiary/aromatic N) is 2. The second kappa shape index (κ2) is 4.38. The van der Waals surface area contributed by atoms with E-state index in [9.17, 15) is 4.79 Å². The zero-order valence-electron chi connectivity index (χ0n) is 10.8. The standard InChI is InChI=1S/C12H15N3O3/c1-12(2,18-4)11-14-8-6-13-5-7(9(8)15-11)10(16)17-3/h5-6H,1-4H3,(H,14,15). The van der Waals surface area contributed by atoms with E-state index in [0.29, 0.717) is 22.4 Å². The summed E-state index contributed by atoms with van der Waals surface area (Å²) >= 11 is 0. The molecule has 2 rings (SSSR count). The molecule has 0 saturated carbocycles. The normalized spacial score (nSPS) is 11.8. The predicted octanol–water partition coefficient (Wildman–Crippen LogP) is 1.63. The third-order valence-electron chi connectivity index (χ3n) is 2.88. The van der Waals surface area contributed by atoms with Crippen LogP contribution in [0.3, 0.4) is 0 Å². The number of aromatic nitrogens is 3. The summed E-state index contributed by atoms with van der Waals surface area (Å²) in [6, 6.07) is 0. The SMILES string of the molecule is COC(=O)c1cncc2[nH]c(C(C)(C)OC)nc12. The summed E-state index contributed by atoms with van der Waals surface area (Å²) in [5.74, 6) is 0.180. The van der Waals surface area contributed by atoms with E-state index in [2.05, 4.69) is 15.0 Å². The zero-order chi connectivity index (χ0) is 13.3. The molecule has 6 nitrogen and oxygen atoms in total. The molecule has 2 heterocycles. The number of fused-ring (bicyclic) bond motifs is 1. The van der Waals surface area contributed by atoms with E-state index in [1.54, 1.807) is 13.3 Å². The minimum Gasteiger partial charge on any atom is -0.465 e. The van der Waals surface area contributed by atoms with E-state index in [0.717, 1.165) is 0 Å². The number of pyridine rings is 1. The van der Waals surface area contributed by atoms with Crippen LogP contribution in [0.4, 0.5) is 0 Å². The lowest BCUT2D eigenvalue weighted by molar-refractivity contribution is 0.0124. The maximum atomic E-state index is 11.6. The molecule has 96 valence electrons. The Hall–Kier alpha value is -1.95. The van der Waals surface area contributed by atoms with E-state index in [-0.39, 0.29) is 0 Å². The van der Waals surface area contributed by atoms with Crippen LogP contribution in [0.1, 0.15) is 30.0 Å². The third kappa shape index (κ3) is 1.95. The van der Waals surface area contributed by atoms with Gasteiger partial charge >= 0.3 is 5.97 Å². The number of ether oxygens (including phenoxy) is 2. The van der Waals surface area contributed by atoms with Gasteiger partial charge in [-0.3, -0.25) is 4.98 Å². The zero-order valence-corrected chi connectivity index (χ0v) is 10.8. The van der Waals surface area contributed by atoms with Crippen molar-refractivity contribution in [2.45, 2.75) is 19.4 Å². The van der Waals surface area contributed by atoms with Crippen LogP contribution in [0, 0.1) is 0 Å². The van der Waals surface area contributed by atoms with Gasteiger partial charge in [-0.1, -0.05) is 0 Å². The maximum absolute atomic E-state index is 11.6. The van der Waals surface area contributed by atoms with E-state index in [4.69, 9.17) is 9.47 Å². The molecule has 1 N–H and O–H groups in total. The topological polar surface area (TPSA) is 77.1 Å². The molecule has 0 bridgehead atoms. The van der Waals surface area contributed by atoms with Gasteiger partial charge in [0.25, 0.3) is 0 Å². The number of carbonyl (C=O) groups is 1. The Morgan fingerprint density at radius 2 is 2.06 bits per heavy atom. The summed E-state index contributed by atoms with van der Waals surface area (Å²) < 4.78 is 10.1. The third-order valence-corrected chi connectivity index (χ3v) is 2.88. The fourth-order valence-electron chi connectivity index (χ4n) is 1.57. The Labute approximate surface area is 104 Å². The van der Waals surface area contributed by atoms with Crippen molar-refractivity contribution >= 4 is 17.0 Å². The molecular formula is C12H15N3O3. The number of H-pyrrole nitrogens is 1. The molecule has 6 heteroatoms. The van der Waals surface area contributed by atoms with Crippen molar-refractivity contribution in [2.24, 2.45) is 0 Å². The van der Waals surface area contributed by atoms with Crippen molar-refractivity contribution < 1.29 is 14.3 Å². The lowest BCUT2D eigenvalue weighted by Gasteiger charge is -2.19. The van der Waals surface area contributed by atoms with Gasteiger partial charge in [-0.2, -0.15) is 0 Å². The Balaban J connectivity index is 2.61. The molecule has 0 unspecified atom stereocenters. The van der Waals surface area contributed by atoms with Crippen molar-refractivity contribution in [3.63, 3.8) is 0 Å². The number of imidazole rings is 1.